The van der Waals surface area contributed by atoms with Crippen LogP contribution in [0.1, 0.15) is 12.5 Å². The Labute approximate surface area is 132 Å². The Bertz CT molecular complexity index is 800. The van der Waals surface area contributed by atoms with Crippen molar-refractivity contribution in [1.29, 1.82) is 0 Å². The first-order valence-corrected chi connectivity index (χ1v) is 7.92. The lowest BCUT2D eigenvalue weighted by molar-refractivity contribution is -0.350. The molecule has 0 aliphatic rings. The van der Waals surface area contributed by atoms with Crippen LogP contribution in [0, 0.1) is 0 Å². The minimum Gasteiger partial charge on any atom is -0.497 e. The van der Waals surface area contributed by atoms with Crippen molar-refractivity contribution in [2.24, 2.45) is 0 Å². The van der Waals surface area contributed by atoms with Gasteiger partial charge in [0.2, 0.25) is 5.91 Å². The summed E-state index contributed by atoms with van der Waals surface area (Å²) < 4.78 is 38.4. The largest absolute Gasteiger partial charge is 0.497 e. The van der Waals surface area contributed by atoms with Gasteiger partial charge in [0.15, 0.2) is 0 Å². The van der Waals surface area contributed by atoms with E-state index >= 15 is 0 Å². The second-order valence-corrected chi connectivity index (χ2v) is 5.66. The quantitative estimate of drug-likeness (QED) is 0.440. The van der Waals surface area contributed by atoms with E-state index in [0.29, 0.717) is 17.2 Å². The number of nitrogens with zero attached hydrogens (tertiary/aromatic N) is 1. The van der Waals surface area contributed by atoms with E-state index in [4.69, 9.17) is 9.29 Å². The molecule has 10 heteroatoms. The van der Waals surface area contributed by atoms with E-state index in [1.54, 1.807) is 13.3 Å². The van der Waals surface area contributed by atoms with Crippen LogP contribution in [0.3, 0.4) is 0 Å². The number of ether oxygens (including phenoxy) is 1. The average Bonchev–Trinajstić information content (AvgIpc) is 2.88. The van der Waals surface area contributed by atoms with Gasteiger partial charge in [-0.1, -0.05) is 9.32 Å². The van der Waals surface area contributed by atoms with Crippen LogP contribution in [0.25, 0.3) is 10.9 Å². The molecule has 2 rings (SSSR count). The molecule has 9 nitrogen and oxygen atoms in total. The Kier molecular flexibility index (Phi) is 5.21. The fourth-order valence-corrected chi connectivity index (χ4v) is 2.19. The third-order valence-electron chi connectivity index (χ3n) is 3.12. The topological polar surface area (TPSA) is 118 Å². The molecule has 0 fully saturated rings. The van der Waals surface area contributed by atoms with Gasteiger partial charge in [0.25, 0.3) is 0 Å². The predicted molar refractivity (Wildman–Crippen MR) is 79.7 cm³/mol. The normalized spacial score (nSPS) is 11.6. The van der Waals surface area contributed by atoms with Crippen LogP contribution in [0.15, 0.2) is 24.4 Å². The van der Waals surface area contributed by atoms with E-state index in [0.717, 1.165) is 16.5 Å². The molecule has 0 spiro atoms. The molecular formula is C13H16N2O7S. The number of carbonyl (C=O) groups excluding carboxylic acids is 1. The van der Waals surface area contributed by atoms with Gasteiger partial charge in [-0.25, -0.2) is 0 Å². The van der Waals surface area contributed by atoms with Crippen LogP contribution in [0.4, 0.5) is 0 Å². The molecule has 1 aromatic carbocycles. The number of hydrogen-bond donors (Lipinski definition) is 2. The summed E-state index contributed by atoms with van der Waals surface area (Å²) in [6.45, 7) is 1.20. The third-order valence-corrected chi connectivity index (χ3v) is 3.35. The maximum atomic E-state index is 11.4. The fraction of sp³-hybridized carbons (Fsp3) is 0.308. The number of rotatable bonds is 7. The highest BCUT2D eigenvalue weighted by Gasteiger charge is 2.16. The number of hydroxylamine groups is 2. The van der Waals surface area contributed by atoms with Crippen molar-refractivity contribution in [3.63, 3.8) is 0 Å². The van der Waals surface area contributed by atoms with Crippen molar-refractivity contribution in [3.05, 3.63) is 30.0 Å². The van der Waals surface area contributed by atoms with Gasteiger partial charge in [0.05, 0.1) is 13.7 Å². The molecule has 1 aromatic heterocycles. The zero-order valence-electron chi connectivity index (χ0n) is 12.5. The van der Waals surface area contributed by atoms with Gasteiger partial charge in [0.1, 0.15) is 5.75 Å². The Morgan fingerprint density at radius 2 is 2.13 bits per heavy atom. The summed E-state index contributed by atoms with van der Waals surface area (Å²) in [6.07, 6.45) is 2.13. The number of carbonyl (C=O) groups is 1. The van der Waals surface area contributed by atoms with Crippen molar-refractivity contribution in [3.8, 4) is 5.75 Å². The Morgan fingerprint density at radius 1 is 1.39 bits per heavy atom. The number of hydrogen-bond acceptors (Lipinski definition) is 6. The summed E-state index contributed by atoms with van der Waals surface area (Å²) in [5.41, 5.74) is 1.77. The maximum Gasteiger partial charge on any atom is 0.425 e. The first kappa shape index (κ1) is 17.2. The van der Waals surface area contributed by atoms with Gasteiger partial charge < -0.3 is 9.72 Å². The molecule has 1 amide bonds. The summed E-state index contributed by atoms with van der Waals surface area (Å²) in [6, 6.07) is 5.51. The fourth-order valence-electron chi connectivity index (χ4n) is 2.04. The number of aromatic nitrogens is 1. The summed E-state index contributed by atoms with van der Waals surface area (Å²) in [5, 5.41) is 1.59. The molecule has 0 bridgehead atoms. The second-order valence-electron chi connectivity index (χ2n) is 4.67. The minimum absolute atomic E-state index is 0.0228. The van der Waals surface area contributed by atoms with Gasteiger partial charge in [-0.15, -0.1) is 0 Å². The number of methoxy groups -OCH3 is 1. The van der Waals surface area contributed by atoms with Crippen LogP contribution in [-0.4, -0.2) is 42.6 Å². The third kappa shape index (κ3) is 4.66. The highest BCUT2D eigenvalue weighted by Crippen LogP contribution is 2.24. The van der Waals surface area contributed by atoms with Crippen LogP contribution < -0.4 is 4.74 Å². The minimum atomic E-state index is -4.81. The Balaban J connectivity index is 2.10. The van der Waals surface area contributed by atoms with E-state index in [9.17, 15) is 13.2 Å². The standard InChI is InChI=1S/C13H16N2O7S/c1-9(16)15(21-22-23(17,18)19)6-5-10-8-14-13-4-3-11(20-2)7-12(10)13/h3-4,7-8,14H,5-6H2,1-2H3,(H,17,18,19). The molecule has 126 valence electrons. The van der Waals surface area contributed by atoms with Crippen LogP contribution in [0.2, 0.25) is 0 Å². The second kappa shape index (κ2) is 6.96. The lowest BCUT2D eigenvalue weighted by Crippen LogP contribution is -2.32. The molecule has 0 aliphatic carbocycles. The predicted octanol–water partition coefficient (Wildman–Crippen LogP) is 1.23. The Hall–Kier alpha value is -2.14. The van der Waals surface area contributed by atoms with E-state index in [2.05, 4.69) is 14.3 Å². The van der Waals surface area contributed by atoms with Crippen molar-refractivity contribution in [1.82, 2.24) is 10.0 Å². The first-order chi connectivity index (χ1) is 10.8. The number of H-pyrrole nitrogens is 1. The smallest absolute Gasteiger partial charge is 0.425 e. The summed E-state index contributed by atoms with van der Waals surface area (Å²) in [7, 11) is -3.25. The molecule has 0 atom stereocenters. The molecule has 0 unspecified atom stereocenters. The first-order valence-electron chi connectivity index (χ1n) is 6.56. The van der Waals surface area contributed by atoms with Crippen LogP contribution in [-0.2, 0) is 30.9 Å². The monoisotopic (exact) mass is 344 g/mol. The number of aromatic amines is 1. The molecule has 0 radical (unpaired) electrons. The van der Waals surface area contributed by atoms with Gasteiger partial charge in [-0.3, -0.25) is 9.35 Å². The number of benzene rings is 1. The lowest BCUT2D eigenvalue weighted by atomic mass is 10.1. The molecular weight excluding hydrogens is 328 g/mol. The molecule has 2 N–H and O–H groups in total. The van der Waals surface area contributed by atoms with Crippen LogP contribution in [0.5, 0.6) is 5.75 Å². The van der Waals surface area contributed by atoms with Gasteiger partial charge in [0, 0.05) is 24.0 Å². The molecule has 0 saturated heterocycles. The summed E-state index contributed by atoms with van der Waals surface area (Å²) in [5.74, 6) is 0.110. The van der Waals surface area contributed by atoms with Gasteiger partial charge >= 0.3 is 10.4 Å². The van der Waals surface area contributed by atoms with Gasteiger partial charge in [-0.2, -0.15) is 13.5 Å². The van der Waals surface area contributed by atoms with Crippen LogP contribution >= 0.6 is 0 Å². The van der Waals surface area contributed by atoms with E-state index in [-0.39, 0.29) is 6.54 Å². The van der Waals surface area contributed by atoms with E-state index in [1.807, 2.05) is 18.2 Å². The highest BCUT2D eigenvalue weighted by atomic mass is 32.3. The molecule has 1 heterocycles. The van der Waals surface area contributed by atoms with Crippen molar-refractivity contribution < 1.29 is 31.8 Å². The average molecular weight is 344 g/mol. The molecule has 2 aromatic rings. The maximum absolute atomic E-state index is 11.4. The van der Waals surface area contributed by atoms with Crippen molar-refractivity contribution >= 4 is 27.2 Å². The van der Waals surface area contributed by atoms with E-state index < -0.39 is 16.3 Å². The van der Waals surface area contributed by atoms with Crippen molar-refractivity contribution in [2.75, 3.05) is 13.7 Å². The summed E-state index contributed by atoms with van der Waals surface area (Å²) in [4.78, 5) is 18.8. The lowest BCUT2D eigenvalue weighted by Gasteiger charge is -2.16. The van der Waals surface area contributed by atoms with Crippen molar-refractivity contribution in [2.45, 2.75) is 13.3 Å². The highest BCUT2D eigenvalue weighted by molar-refractivity contribution is 7.80. The zero-order valence-corrected chi connectivity index (χ0v) is 13.3. The molecule has 0 saturated carbocycles. The summed E-state index contributed by atoms with van der Waals surface area (Å²) >= 11 is 0. The Morgan fingerprint density at radius 3 is 2.74 bits per heavy atom. The van der Waals surface area contributed by atoms with Gasteiger partial charge in [-0.05, 0) is 30.2 Å². The number of amides is 1. The molecule has 0 aliphatic heterocycles. The SMILES string of the molecule is COc1ccc2[nH]cc(CCN(OOS(=O)(=O)O)C(C)=O)c2c1. The number of nitrogens with one attached hydrogen (secondary N) is 1. The number of fused-ring (bicyclic) bond motifs is 1. The zero-order chi connectivity index (χ0) is 17.0. The molecule has 23 heavy (non-hydrogen) atoms. The van der Waals surface area contributed by atoms with E-state index in [1.165, 1.54) is 6.92 Å².